The molecule has 0 heterocycles. The maximum absolute atomic E-state index is 13.8. The zero-order valence-electron chi connectivity index (χ0n) is 23.0. The molecule has 0 saturated carbocycles. The van der Waals surface area contributed by atoms with E-state index in [1.165, 1.54) is 29.6 Å². The molecule has 0 aromatic heterocycles. The van der Waals surface area contributed by atoms with E-state index in [1.54, 1.807) is 17.0 Å². The minimum Gasteiger partial charge on any atom is -0.507 e. The lowest BCUT2D eigenvalue weighted by atomic mass is 9.91. The molecule has 7 heteroatoms. The van der Waals surface area contributed by atoms with E-state index in [9.17, 15) is 19.8 Å². The van der Waals surface area contributed by atoms with Gasteiger partial charge in [-0.2, -0.15) is 0 Å². The second kappa shape index (κ2) is 14.6. The lowest BCUT2D eigenvalue weighted by molar-refractivity contribution is -0.118. The molecule has 3 aromatic rings. The van der Waals surface area contributed by atoms with Crippen LogP contribution in [0.2, 0.25) is 0 Å². The summed E-state index contributed by atoms with van der Waals surface area (Å²) in [4.78, 5) is 27.8. The molecule has 0 aliphatic rings. The van der Waals surface area contributed by atoms with E-state index in [1.807, 2.05) is 47.6 Å². The molecule has 39 heavy (non-hydrogen) atoms. The van der Waals surface area contributed by atoms with Crippen LogP contribution in [-0.2, 0) is 11.3 Å². The average Bonchev–Trinajstić information content (AvgIpc) is 2.92. The normalized spacial score (nSPS) is 11.8. The summed E-state index contributed by atoms with van der Waals surface area (Å²) in [6.45, 7) is 11.1. The fraction of sp³-hybridized carbons (Fsp3) is 0.312. The van der Waals surface area contributed by atoms with Gasteiger partial charge in [0.1, 0.15) is 11.3 Å². The van der Waals surface area contributed by atoms with Crippen LogP contribution in [0.4, 0.5) is 5.69 Å². The van der Waals surface area contributed by atoms with Crippen LogP contribution in [-0.4, -0.2) is 39.5 Å². The average molecular weight is 547 g/mol. The largest absolute Gasteiger partial charge is 0.507 e. The fourth-order valence-electron chi connectivity index (χ4n) is 4.49. The molecule has 1 amide bonds. The Labute approximate surface area is 236 Å². The summed E-state index contributed by atoms with van der Waals surface area (Å²) in [5, 5.41) is 19.7. The molecule has 0 spiro atoms. The molecule has 0 saturated heterocycles. The number of nitrogens with zero attached hydrogens (tertiary/aromatic N) is 2. The number of carboxylic acids is 1. The summed E-state index contributed by atoms with van der Waals surface area (Å²) in [6, 6.07) is 20.7. The SMILES string of the molecule is C=CCN(CC(=O)N(Cc1ccc(C(CC)CCC)cc1)c1ccc(C(=O)O)c(O)c1)Sc1ccc(C)cc1. The predicted octanol–water partition coefficient (Wildman–Crippen LogP) is 7.42. The number of amides is 1. The van der Waals surface area contributed by atoms with E-state index in [0.29, 0.717) is 18.2 Å². The molecule has 206 valence electrons. The van der Waals surface area contributed by atoms with Crippen LogP contribution < -0.4 is 4.90 Å². The van der Waals surface area contributed by atoms with Crippen molar-refractivity contribution in [3.8, 4) is 5.75 Å². The highest BCUT2D eigenvalue weighted by molar-refractivity contribution is 7.97. The van der Waals surface area contributed by atoms with Crippen molar-refractivity contribution in [1.82, 2.24) is 4.31 Å². The quantitative estimate of drug-likeness (QED) is 0.162. The zero-order valence-corrected chi connectivity index (χ0v) is 23.8. The molecule has 1 unspecified atom stereocenters. The third-order valence-electron chi connectivity index (χ3n) is 6.65. The molecule has 0 radical (unpaired) electrons. The summed E-state index contributed by atoms with van der Waals surface area (Å²) in [5.74, 6) is -1.28. The second-order valence-corrected chi connectivity index (χ2v) is 10.8. The zero-order chi connectivity index (χ0) is 28.4. The van der Waals surface area contributed by atoms with Gasteiger partial charge in [0.05, 0.1) is 13.1 Å². The molecule has 6 nitrogen and oxygen atoms in total. The number of hydrogen-bond acceptors (Lipinski definition) is 5. The highest BCUT2D eigenvalue weighted by Gasteiger charge is 2.22. The van der Waals surface area contributed by atoms with E-state index in [0.717, 1.165) is 35.3 Å². The first kappa shape index (κ1) is 30.0. The van der Waals surface area contributed by atoms with E-state index < -0.39 is 5.97 Å². The number of hydrogen-bond donors (Lipinski definition) is 2. The molecule has 2 N–H and O–H groups in total. The smallest absolute Gasteiger partial charge is 0.339 e. The van der Waals surface area contributed by atoms with E-state index in [-0.39, 0.29) is 30.3 Å². The Balaban J connectivity index is 1.89. The molecule has 0 fully saturated rings. The van der Waals surface area contributed by atoms with Gasteiger partial charge in [-0.15, -0.1) is 6.58 Å². The van der Waals surface area contributed by atoms with Gasteiger partial charge in [0.2, 0.25) is 5.91 Å². The van der Waals surface area contributed by atoms with Gasteiger partial charge in [-0.1, -0.05) is 68.3 Å². The number of aryl methyl sites for hydroxylation is 1. The van der Waals surface area contributed by atoms with Crippen LogP contribution in [0.25, 0.3) is 0 Å². The van der Waals surface area contributed by atoms with Gasteiger partial charge in [0, 0.05) is 23.2 Å². The lowest BCUT2D eigenvalue weighted by Gasteiger charge is -2.27. The van der Waals surface area contributed by atoms with E-state index in [2.05, 4.69) is 32.6 Å². The monoisotopic (exact) mass is 546 g/mol. The molecular formula is C32H38N2O4S. The molecule has 1 atom stereocenters. The molecule has 0 aliphatic heterocycles. The summed E-state index contributed by atoms with van der Waals surface area (Å²) < 4.78 is 1.93. The molecule has 3 rings (SSSR count). The first-order valence-corrected chi connectivity index (χ1v) is 14.1. The number of carboxylic acid groups (broad SMARTS) is 1. The minimum atomic E-state index is -1.23. The van der Waals surface area contributed by atoms with Crippen molar-refractivity contribution in [2.45, 2.75) is 57.4 Å². The fourth-order valence-corrected chi connectivity index (χ4v) is 5.40. The maximum atomic E-state index is 13.8. The third kappa shape index (κ3) is 8.47. The topological polar surface area (TPSA) is 81.1 Å². The van der Waals surface area contributed by atoms with Gasteiger partial charge in [-0.05, 0) is 73.0 Å². The standard InChI is InChI=1S/C32H38N2O4S/c1-5-8-25(7-3)26-13-11-24(12-14-26)21-34(27-15-18-29(32(37)38)30(35)20-27)31(36)22-33(19-6-2)39-28-16-9-23(4)10-17-28/h6,9-18,20,25,35H,2,5,7-8,19,21-22H2,1,3-4H3,(H,37,38). The van der Waals surface area contributed by atoms with Gasteiger partial charge < -0.3 is 15.1 Å². The highest BCUT2D eigenvalue weighted by Crippen LogP contribution is 2.29. The number of aromatic hydroxyl groups is 1. The van der Waals surface area contributed by atoms with Crippen LogP contribution in [0, 0.1) is 6.92 Å². The number of aromatic carboxylic acids is 1. The Hall–Kier alpha value is -3.55. The van der Waals surface area contributed by atoms with Crippen molar-refractivity contribution in [1.29, 1.82) is 0 Å². The first-order valence-electron chi connectivity index (χ1n) is 13.3. The van der Waals surface area contributed by atoms with Crippen LogP contribution in [0.3, 0.4) is 0 Å². The number of carbonyl (C=O) groups is 2. The van der Waals surface area contributed by atoms with Crippen molar-refractivity contribution in [3.05, 3.63) is 102 Å². The molecular weight excluding hydrogens is 508 g/mol. The van der Waals surface area contributed by atoms with Gasteiger partial charge in [-0.25, -0.2) is 9.10 Å². The van der Waals surface area contributed by atoms with Crippen molar-refractivity contribution in [2.24, 2.45) is 0 Å². The second-order valence-electron chi connectivity index (χ2n) is 9.64. The summed E-state index contributed by atoms with van der Waals surface area (Å²) in [7, 11) is 0. The Kier molecular flexibility index (Phi) is 11.2. The Bertz CT molecular complexity index is 1260. The third-order valence-corrected chi connectivity index (χ3v) is 7.67. The van der Waals surface area contributed by atoms with Crippen molar-refractivity contribution in [2.75, 3.05) is 18.0 Å². The number of rotatable bonds is 14. The summed E-state index contributed by atoms with van der Waals surface area (Å²) in [6.07, 6.45) is 5.09. The molecule has 0 aliphatic carbocycles. The van der Waals surface area contributed by atoms with Gasteiger partial charge in [0.25, 0.3) is 0 Å². The van der Waals surface area contributed by atoms with Crippen molar-refractivity contribution >= 4 is 29.5 Å². The van der Waals surface area contributed by atoms with Crippen molar-refractivity contribution < 1.29 is 19.8 Å². The van der Waals surface area contributed by atoms with E-state index in [4.69, 9.17) is 0 Å². The Morgan fingerprint density at radius 3 is 2.28 bits per heavy atom. The summed E-state index contributed by atoms with van der Waals surface area (Å²) in [5.41, 5.74) is 3.62. The van der Waals surface area contributed by atoms with Crippen LogP contribution >= 0.6 is 11.9 Å². The lowest BCUT2D eigenvalue weighted by Crippen LogP contribution is -2.38. The van der Waals surface area contributed by atoms with Gasteiger partial charge in [0.15, 0.2) is 0 Å². The summed E-state index contributed by atoms with van der Waals surface area (Å²) >= 11 is 1.48. The van der Waals surface area contributed by atoms with Crippen LogP contribution in [0.1, 0.15) is 66.1 Å². The highest BCUT2D eigenvalue weighted by atomic mass is 32.2. The van der Waals surface area contributed by atoms with Gasteiger partial charge >= 0.3 is 5.97 Å². The Morgan fingerprint density at radius 2 is 1.72 bits per heavy atom. The number of anilines is 1. The predicted molar refractivity (Wildman–Crippen MR) is 159 cm³/mol. The molecule has 0 bridgehead atoms. The first-order chi connectivity index (χ1) is 18.7. The number of carbonyl (C=O) groups excluding carboxylic acids is 1. The number of benzene rings is 3. The number of phenols is 1. The Morgan fingerprint density at radius 1 is 1.03 bits per heavy atom. The van der Waals surface area contributed by atoms with Gasteiger partial charge in [-0.3, -0.25) is 4.79 Å². The van der Waals surface area contributed by atoms with Crippen molar-refractivity contribution in [3.63, 3.8) is 0 Å². The van der Waals surface area contributed by atoms with E-state index >= 15 is 0 Å². The molecule has 3 aromatic carbocycles. The van der Waals surface area contributed by atoms with Crippen LogP contribution in [0.15, 0.2) is 84.3 Å². The van der Waals surface area contributed by atoms with Crippen LogP contribution in [0.5, 0.6) is 5.75 Å². The minimum absolute atomic E-state index is 0.0957. The maximum Gasteiger partial charge on any atom is 0.339 e.